The zero-order valence-corrected chi connectivity index (χ0v) is 12.5. The van der Waals surface area contributed by atoms with Gasteiger partial charge in [-0.25, -0.2) is 0 Å². The van der Waals surface area contributed by atoms with E-state index in [-0.39, 0.29) is 6.04 Å². The van der Waals surface area contributed by atoms with E-state index < -0.39 is 0 Å². The van der Waals surface area contributed by atoms with Gasteiger partial charge in [-0.15, -0.1) is 0 Å². The fourth-order valence-corrected chi connectivity index (χ4v) is 2.45. The van der Waals surface area contributed by atoms with Crippen molar-refractivity contribution in [1.82, 2.24) is 25.0 Å². The number of hydrogen-bond acceptors (Lipinski definition) is 4. The Morgan fingerprint density at radius 3 is 2.75 bits per heavy atom. The molecule has 0 saturated carbocycles. The highest BCUT2D eigenvalue weighted by molar-refractivity contribution is 5.15. The third kappa shape index (κ3) is 3.08. The molecule has 0 radical (unpaired) electrons. The predicted octanol–water partition coefficient (Wildman–Crippen LogP) is 1.34. The Labute approximate surface area is 119 Å². The van der Waals surface area contributed by atoms with E-state index in [0.29, 0.717) is 0 Å². The molecule has 20 heavy (non-hydrogen) atoms. The van der Waals surface area contributed by atoms with Crippen LogP contribution in [0.2, 0.25) is 0 Å². The van der Waals surface area contributed by atoms with E-state index in [1.165, 1.54) is 5.69 Å². The van der Waals surface area contributed by atoms with Crippen molar-refractivity contribution in [2.45, 2.75) is 45.7 Å². The molecule has 6 heteroatoms. The number of hydrazine groups is 1. The zero-order valence-electron chi connectivity index (χ0n) is 12.5. The molecule has 2 rings (SSSR count). The van der Waals surface area contributed by atoms with E-state index in [1.54, 1.807) is 0 Å². The standard InChI is InChI=1S/C14H24N6/c1-4-11-10-14(20(5-2)18-11)13(17-15)7-6-12-8-9-16-19(12)3/h8-10,13,17H,4-7,15H2,1-3H3. The number of nitrogens with two attached hydrogens (primary N) is 1. The van der Waals surface area contributed by atoms with Gasteiger partial charge in [0.05, 0.1) is 17.4 Å². The molecule has 0 fully saturated rings. The second-order valence-corrected chi connectivity index (χ2v) is 4.93. The minimum Gasteiger partial charge on any atom is -0.273 e. The number of aryl methyl sites for hydroxylation is 4. The lowest BCUT2D eigenvalue weighted by Gasteiger charge is -2.17. The summed E-state index contributed by atoms with van der Waals surface area (Å²) >= 11 is 0. The van der Waals surface area contributed by atoms with Crippen molar-refractivity contribution >= 4 is 0 Å². The van der Waals surface area contributed by atoms with Crippen molar-refractivity contribution in [3.05, 3.63) is 35.4 Å². The maximum Gasteiger partial charge on any atom is 0.0632 e. The molecular formula is C14H24N6. The van der Waals surface area contributed by atoms with Crippen LogP contribution in [0.5, 0.6) is 0 Å². The molecule has 6 nitrogen and oxygen atoms in total. The molecule has 2 heterocycles. The van der Waals surface area contributed by atoms with Crippen LogP contribution in [0.25, 0.3) is 0 Å². The highest BCUT2D eigenvalue weighted by Crippen LogP contribution is 2.20. The summed E-state index contributed by atoms with van der Waals surface area (Å²) in [5, 5.41) is 8.77. The fraction of sp³-hybridized carbons (Fsp3) is 0.571. The van der Waals surface area contributed by atoms with Gasteiger partial charge in [0.25, 0.3) is 0 Å². The van der Waals surface area contributed by atoms with Crippen molar-refractivity contribution in [3.63, 3.8) is 0 Å². The van der Waals surface area contributed by atoms with Crippen molar-refractivity contribution in [2.75, 3.05) is 0 Å². The van der Waals surface area contributed by atoms with Crippen molar-refractivity contribution < 1.29 is 0 Å². The molecule has 0 aliphatic carbocycles. The molecule has 0 spiro atoms. The number of aromatic nitrogens is 4. The summed E-state index contributed by atoms with van der Waals surface area (Å²) in [6.07, 6.45) is 4.62. The Kier molecular flexibility index (Phi) is 4.92. The van der Waals surface area contributed by atoms with Gasteiger partial charge in [-0.1, -0.05) is 6.92 Å². The second-order valence-electron chi connectivity index (χ2n) is 4.93. The highest BCUT2D eigenvalue weighted by atomic mass is 15.3. The van der Waals surface area contributed by atoms with Crippen LogP contribution in [-0.4, -0.2) is 19.6 Å². The quantitative estimate of drug-likeness (QED) is 0.591. The van der Waals surface area contributed by atoms with Gasteiger partial charge >= 0.3 is 0 Å². The third-order valence-electron chi connectivity index (χ3n) is 3.69. The van der Waals surface area contributed by atoms with E-state index in [1.807, 2.05) is 28.7 Å². The van der Waals surface area contributed by atoms with Crippen LogP contribution in [0.1, 0.15) is 43.4 Å². The van der Waals surface area contributed by atoms with E-state index >= 15 is 0 Å². The van der Waals surface area contributed by atoms with Crippen molar-refractivity contribution in [2.24, 2.45) is 12.9 Å². The van der Waals surface area contributed by atoms with Gasteiger partial charge in [-0.2, -0.15) is 10.2 Å². The summed E-state index contributed by atoms with van der Waals surface area (Å²) in [6, 6.07) is 4.30. The number of rotatable bonds is 7. The largest absolute Gasteiger partial charge is 0.273 e. The Balaban J connectivity index is 2.11. The summed E-state index contributed by atoms with van der Waals surface area (Å²) in [4.78, 5) is 0. The Morgan fingerprint density at radius 1 is 1.40 bits per heavy atom. The zero-order chi connectivity index (χ0) is 14.5. The maximum atomic E-state index is 5.74. The summed E-state index contributed by atoms with van der Waals surface area (Å²) < 4.78 is 3.94. The van der Waals surface area contributed by atoms with Crippen LogP contribution < -0.4 is 11.3 Å². The number of hydrogen-bond donors (Lipinski definition) is 2. The smallest absolute Gasteiger partial charge is 0.0632 e. The third-order valence-corrected chi connectivity index (χ3v) is 3.69. The summed E-state index contributed by atoms with van der Waals surface area (Å²) in [5.74, 6) is 5.74. The number of nitrogens with zero attached hydrogens (tertiary/aromatic N) is 4. The average molecular weight is 276 g/mol. The molecule has 0 aliphatic rings. The van der Waals surface area contributed by atoms with E-state index in [4.69, 9.17) is 5.84 Å². The van der Waals surface area contributed by atoms with Crippen LogP contribution in [0.3, 0.4) is 0 Å². The maximum absolute atomic E-state index is 5.74. The van der Waals surface area contributed by atoms with E-state index in [2.05, 4.69) is 35.5 Å². The van der Waals surface area contributed by atoms with Gasteiger partial charge in [0.2, 0.25) is 0 Å². The van der Waals surface area contributed by atoms with Crippen LogP contribution in [0.15, 0.2) is 18.3 Å². The van der Waals surface area contributed by atoms with Crippen LogP contribution >= 0.6 is 0 Å². The normalized spacial score (nSPS) is 12.8. The van der Waals surface area contributed by atoms with E-state index in [9.17, 15) is 0 Å². The molecule has 2 aromatic heterocycles. The molecule has 0 bridgehead atoms. The van der Waals surface area contributed by atoms with Crippen LogP contribution in [-0.2, 0) is 26.4 Å². The minimum atomic E-state index is 0.109. The van der Waals surface area contributed by atoms with Crippen LogP contribution in [0, 0.1) is 0 Å². The molecule has 1 atom stereocenters. The monoisotopic (exact) mass is 276 g/mol. The van der Waals surface area contributed by atoms with E-state index in [0.717, 1.165) is 37.2 Å². The van der Waals surface area contributed by atoms with Crippen molar-refractivity contribution in [1.29, 1.82) is 0 Å². The highest BCUT2D eigenvalue weighted by Gasteiger charge is 2.16. The molecule has 0 aromatic carbocycles. The topological polar surface area (TPSA) is 73.7 Å². The fourth-order valence-electron chi connectivity index (χ4n) is 2.45. The van der Waals surface area contributed by atoms with Gasteiger partial charge in [-0.05, 0) is 38.3 Å². The lowest BCUT2D eigenvalue weighted by atomic mass is 10.1. The molecule has 0 amide bonds. The number of nitrogens with one attached hydrogen (secondary N) is 1. The van der Waals surface area contributed by atoms with Gasteiger partial charge in [0, 0.05) is 25.5 Å². The predicted molar refractivity (Wildman–Crippen MR) is 78.9 cm³/mol. The lowest BCUT2D eigenvalue weighted by molar-refractivity contribution is 0.461. The first-order chi connectivity index (χ1) is 9.69. The Morgan fingerprint density at radius 2 is 2.20 bits per heavy atom. The van der Waals surface area contributed by atoms with Gasteiger partial charge < -0.3 is 0 Å². The molecule has 3 N–H and O–H groups in total. The van der Waals surface area contributed by atoms with Crippen LogP contribution in [0.4, 0.5) is 0 Å². The average Bonchev–Trinajstić information content (AvgIpc) is 3.06. The molecular weight excluding hydrogens is 252 g/mol. The van der Waals surface area contributed by atoms with Gasteiger partial charge in [0.15, 0.2) is 0 Å². The summed E-state index contributed by atoms with van der Waals surface area (Å²) in [6.45, 7) is 5.08. The van der Waals surface area contributed by atoms with Crippen molar-refractivity contribution in [3.8, 4) is 0 Å². The summed E-state index contributed by atoms with van der Waals surface area (Å²) in [7, 11) is 1.96. The molecule has 0 aliphatic heterocycles. The lowest BCUT2D eigenvalue weighted by Crippen LogP contribution is -2.30. The SMILES string of the molecule is CCc1cc(C(CCc2ccnn2C)NN)n(CC)n1. The first-order valence-electron chi connectivity index (χ1n) is 7.19. The first-order valence-corrected chi connectivity index (χ1v) is 7.19. The molecule has 0 saturated heterocycles. The second kappa shape index (κ2) is 6.67. The minimum absolute atomic E-state index is 0.109. The Hall–Kier alpha value is -1.66. The van der Waals surface area contributed by atoms with Gasteiger partial charge in [0.1, 0.15) is 0 Å². The van der Waals surface area contributed by atoms with Gasteiger partial charge in [-0.3, -0.25) is 20.6 Å². The first kappa shape index (κ1) is 14.7. The Bertz CT molecular complexity index is 542. The molecule has 110 valence electrons. The summed E-state index contributed by atoms with van der Waals surface area (Å²) in [5.41, 5.74) is 6.41. The molecule has 1 unspecified atom stereocenters. The molecule has 2 aromatic rings.